The zero-order valence-electron chi connectivity index (χ0n) is 12.3. The average Bonchev–Trinajstić information content (AvgIpc) is 2.97. The number of nitriles is 1. The zero-order valence-corrected chi connectivity index (χ0v) is 12.3. The second-order valence-corrected chi connectivity index (χ2v) is 5.35. The Balaban J connectivity index is 1.96. The van der Waals surface area contributed by atoms with E-state index in [1.54, 1.807) is 19.4 Å². The van der Waals surface area contributed by atoms with Gasteiger partial charge in [-0.25, -0.2) is 4.98 Å². The maximum Gasteiger partial charge on any atom is 0.142 e. The number of nitrogens with zero attached hydrogens (tertiary/aromatic N) is 3. The molecule has 1 aliphatic heterocycles. The Kier molecular flexibility index (Phi) is 3.94. The van der Waals surface area contributed by atoms with Gasteiger partial charge in [-0.05, 0) is 36.2 Å². The fraction of sp³-hybridized carbons (Fsp3) is 0.294. The molecule has 5 nitrogen and oxygen atoms in total. The molecule has 0 bridgehead atoms. The van der Waals surface area contributed by atoms with Crippen molar-refractivity contribution in [2.45, 2.75) is 18.6 Å². The van der Waals surface area contributed by atoms with Gasteiger partial charge in [0.2, 0.25) is 0 Å². The Hall–Kier alpha value is -2.58. The molecule has 0 spiro atoms. The third kappa shape index (κ3) is 2.74. The lowest BCUT2D eigenvalue weighted by molar-refractivity contribution is 0.194. The molecule has 1 aromatic carbocycles. The lowest BCUT2D eigenvalue weighted by Gasteiger charge is -2.27. The second kappa shape index (κ2) is 6.04. The number of anilines is 1. The van der Waals surface area contributed by atoms with Gasteiger partial charge < -0.3 is 14.7 Å². The summed E-state index contributed by atoms with van der Waals surface area (Å²) in [5, 5.41) is 19.1. The molecule has 0 radical (unpaired) electrons. The summed E-state index contributed by atoms with van der Waals surface area (Å²) in [4.78, 5) is 6.12. The quantitative estimate of drug-likeness (QED) is 0.940. The third-order valence-electron chi connectivity index (χ3n) is 3.95. The van der Waals surface area contributed by atoms with Crippen LogP contribution in [0.15, 0.2) is 42.6 Å². The summed E-state index contributed by atoms with van der Waals surface area (Å²) < 4.78 is 5.28. The van der Waals surface area contributed by atoms with Crippen molar-refractivity contribution < 1.29 is 9.84 Å². The molecule has 112 valence electrons. The SMILES string of the molecule is COc1cccc([C@@H]2C[C@@H](O)CN2c2ccnc(C#N)c2)c1. The molecule has 0 aliphatic carbocycles. The van der Waals surface area contributed by atoms with E-state index in [1.165, 1.54) is 0 Å². The molecule has 1 fully saturated rings. The standard InChI is InChI=1S/C17H17N3O2/c1-22-16-4-2-3-12(7-16)17-9-15(21)11-20(17)14-5-6-19-13(8-14)10-18/h2-8,15,17,21H,9,11H2,1H3/t15-,17+/m1/s1. The molecule has 5 heteroatoms. The van der Waals surface area contributed by atoms with Gasteiger partial charge in [-0.3, -0.25) is 0 Å². The van der Waals surface area contributed by atoms with Crippen molar-refractivity contribution in [1.82, 2.24) is 4.98 Å². The highest BCUT2D eigenvalue weighted by Gasteiger charge is 2.32. The predicted octanol–water partition coefficient (Wildman–Crippen LogP) is 2.27. The lowest BCUT2D eigenvalue weighted by Crippen LogP contribution is -2.24. The lowest BCUT2D eigenvalue weighted by atomic mass is 10.0. The minimum Gasteiger partial charge on any atom is -0.497 e. The molecule has 22 heavy (non-hydrogen) atoms. The minimum absolute atomic E-state index is 0.0547. The van der Waals surface area contributed by atoms with Crippen molar-refractivity contribution in [1.29, 1.82) is 5.26 Å². The van der Waals surface area contributed by atoms with Gasteiger partial charge in [0.25, 0.3) is 0 Å². The first-order valence-electron chi connectivity index (χ1n) is 7.16. The number of aliphatic hydroxyl groups excluding tert-OH is 1. The smallest absolute Gasteiger partial charge is 0.142 e. The van der Waals surface area contributed by atoms with Crippen LogP contribution in [0.25, 0.3) is 0 Å². The summed E-state index contributed by atoms with van der Waals surface area (Å²) >= 11 is 0. The normalized spacial score (nSPS) is 20.7. The minimum atomic E-state index is -0.394. The Morgan fingerprint density at radius 2 is 2.23 bits per heavy atom. The number of hydrogen-bond acceptors (Lipinski definition) is 5. The van der Waals surface area contributed by atoms with Crippen molar-refractivity contribution in [3.05, 3.63) is 53.9 Å². The monoisotopic (exact) mass is 295 g/mol. The van der Waals surface area contributed by atoms with Crippen LogP contribution >= 0.6 is 0 Å². The third-order valence-corrected chi connectivity index (χ3v) is 3.95. The van der Waals surface area contributed by atoms with Crippen molar-refractivity contribution in [2.75, 3.05) is 18.6 Å². The number of benzene rings is 1. The van der Waals surface area contributed by atoms with E-state index in [0.717, 1.165) is 17.0 Å². The molecule has 1 aliphatic rings. The van der Waals surface area contributed by atoms with E-state index < -0.39 is 6.10 Å². The second-order valence-electron chi connectivity index (χ2n) is 5.35. The number of β-amino-alcohol motifs (C(OH)–C–C–N with tert-alkyl or cyclic N) is 1. The van der Waals surface area contributed by atoms with E-state index in [9.17, 15) is 5.11 Å². The maximum absolute atomic E-state index is 10.1. The number of aliphatic hydroxyl groups is 1. The van der Waals surface area contributed by atoms with Crippen LogP contribution in [0.3, 0.4) is 0 Å². The summed E-state index contributed by atoms with van der Waals surface area (Å²) in [5.74, 6) is 0.797. The average molecular weight is 295 g/mol. The van der Waals surface area contributed by atoms with E-state index in [0.29, 0.717) is 18.7 Å². The summed E-state index contributed by atoms with van der Waals surface area (Å²) in [5.41, 5.74) is 2.37. The van der Waals surface area contributed by atoms with E-state index >= 15 is 0 Å². The van der Waals surface area contributed by atoms with Crippen LogP contribution < -0.4 is 9.64 Å². The van der Waals surface area contributed by atoms with Crippen molar-refractivity contribution in [3.63, 3.8) is 0 Å². The molecule has 2 aromatic rings. The van der Waals surface area contributed by atoms with Crippen LogP contribution in [0.1, 0.15) is 23.7 Å². The van der Waals surface area contributed by atoms with Crippen LogP contribution in [0, 0.1) is 11.3 Å². The number of pyridine rings is 1. The van der Waals surface area contributed by atoms with Gasteiger partial charge in [0, 0.05) is 18.4 Å². The van der Waals surface area contributed by atoms with E-state index in [1.807, 2.05) is 30.3 Å². The van der Waals surface area contributed by atoms with E-state index in [4.69, 9.17) is 10.00 Å². The number of ether oxygens (including phenoxy) is 1. The van der Waals surface area contributed by atoms with Gasteiger partial charge in [0.1, 0.15) is 17.5 Å². The van der Waals surface area contributed by atoms with Gasteiger partial charge in [-0.2, -0.15) is 5.26 Å². The number of aromatic nitrogens is 1. The first-order valence-corrected chi connectivity index (χ1v) is 7.16. The molecule has 3 rings (SSSR count). The molecular formula is C17H17N3O2. The van der Waals surface area contributed by atoms with Gasteiger partial charge in [-0.1, -0.05) is 12.1 Å². The summed E-state index contributed by atoms with van der Waals surface area (Å²) in [6.07, 6.45) is 1.88. The topological polar surface area (TPSA) is 69.4 Å². The molecule has 1 aromatic heterocycles. The van der Waals surface area contributed by atoms with Crippen LogP contribution in [0.2, 0.25) is 0 Å². The maximum atomic E-state index is 10.1. The Morgan fingerprint density at radius 3 is 3.00 bits per heavy atom. The van der Waals surface area contributed by atoms with Crippen LogP contribution in [0.4, 0.5) is 5.69 Å². The van der Waals surface area contributed by atoms with Gasteiger partial charge >= 0.3 is 0 Å². The summed E-state index contributed by atoms with van der Waals surface area (Å²) in [6.45, 7) is 0.538. The molecule has 1 saturated heterocycles. The Labute approximate surface area is 129 Å². The van der Waals surface area contributed by atoms with Crippen molar-refractivity contribution >= 4 is 5.69 Å². The van der Waals surface area contributed by atoms with Crippen LogP contribution in [0.5, 0.6) is 5.75 Å². The number of rotatable bonds is 3. The molecular weight excluding hydrogens is 278 g/mol. The molecule has 0 saturated carbocycles. The number of hydrogen-bond donors (Lipinski definition) is 1. The molecule has 1 N–H and O–H groups in total. The largest absolute Gasteiger partial charge is 0.497 e. The fourth-order valence-electron chi connectivity index (χ4n) is 2.92. The summed E-state index contributed by atoms with van der Waals surface area (Å²) in [6, 6.07) is 13.6. The first-order chi connectivity index (χ1) is 10.7. The van der Waals surface area contributed by atoms with Crippen molar-refractivity contribution in [3.8, 4) is 11.8 Å². The van der Waals surface area contributed by atoms with E-state index in [2.05, 4.69) is 16.0 Å². The highest BCUT2D eigenvalue weighted by molar-refractivity contribution is 5.53. The first kappa shape index (κ1) is 14.4. The van der Waals surface area contributed by atoms with Crippen molar-refractivity contribution in [2.24, 2.45) is 0 Å². The van der Waals surface area contributed by atoms with E-state index in [-0.39, 0.29) is 6.04 Å². The van der Waals surface area contributed by atoms with Crippen LogP contribution in [-0.2, 0) is 0 Å². The van der Waals surface area contributed by atoms with Gasteiger partial charge in [-0.15, -0.1) is 0 Å². The Morgan fingerprint density at radius 1 is 1.36 bits per heavy atom. The highest BCUT2D eigenvalue weighted by atomic mass is 16.5. The zero-order chi connectivity index (χ0) is 15.5. The van der Waals surface area contributed by atoms with Gasteiger partial charge in [0.05, 0.1) is 19.3 Å². The molecule has 2 heterocycles. The number of methoxy groups -OCH3 is 1. The highest BCUT2D eigenvalue weighted by Crippen LogP contribution is 2.37. The summed E-state index contributed by atoms with van der Waals surface area (Å²) in [7, 11) is 1.64. The molecule has 0 unspecified atom stereocenters. The van der Waals surface area contributed by atoms with Gasteiger partial charge in [0.15, 0.2) is 0 Å². The predicted molar refractivity (Wildman–Crippen MR) is 82.7 cm³/mol. The molecule has 2 atom stereocenters. The molecule has 0 amide bonds. The van der Waals surface area contributed by atoms with Crippen LogP contribution in [-0.4, -0.2) is 29.8 Å². The fourth-order valence-corrected chi connectivity index (χ4v) is 2.92. The Bertz CT molecular complexity index is 711.